The van der Waals surface area contributed by atoms with Crippen molar-refractivity contribution in [2.75, 3.05) is 0 Å². The van der Waals surface area contributed by atoms with Crippen molar-refractivity contribution in [3.63, 3.8) is 0 Å². The molecule has 0 fully saturated rings. The Morgan fingerprint density at radius 2 is 2.44 bits per heavy atom. The minimum absolute atomic E-state index is 1.05. The number of nitrogens with one attached hydrogen (secondary N) is 1. The summed E-state index contributed by atoms with van der Waals surface area (Å²) >= 11 is 0. The van der Waals surface area contributed by atoms with Gasteiger partial charge >= 0.3 is 0 Å². The lowest BCUT2D eigenvalue weighted by Gasteiger charge is -2.11. The van der Waals surface area contributed by atoms with Crippen LogP contribution in [0.2, 0.25) is 0 Å². The Kier molecular flexibility index (Phi) is 1.90. The second-order valence-electron chi connectivity index (χ2n) is 2.25. The molecule has 0 aromatic carbocycles. The average molecular weight is 124 g/mol. The summed E-state index contributed by atoms with van der Waals surface area (Å²) in [7, 11) is 0. The van der Waals surface area contributed by atoms with Crippen LogP contribution in [0.15, 0.2) is 23.4 Å². The lowest BCUT2D eigenvalue weighted by molar-refractivity contribution is 0.774. The maximum Gasteiger partial charge on any atom is 0.0291 e. The Balaban J connectivity index is 2.72. The fourth-order valence-electron chi connectivity index (χ4n) is 0.972. The second-order valence-corrected chi connectivity index (χ2v) is 2.25. The monoisotopic (exact) mass is 124 g/mol. The molecule has 1 aliphatic carbocycles. The number of hydrogen-bond acceptors (Lipinski definition) is 2. The minimum atomic E-state index is 1.05. The van der Waals surface area contributed by atoms with Gasteiger partial charge in [-0.3, -0.25) is 5.84 Å². The molecule has 2 heteroatoms. The van der Waals surface area contributed by atoms with Crippen LogP contribution in [0, 0.1) is 0 Å². The van der Waals surface area contributed by atoms with Gasteiger partial charge in [-0.2, -0.15) is 0 Å². The molecule has 0 aromatic rings. The number of rotatable bonds is 1. The zero-order valence-electron chi connectivity index (χ0n) is 5.65. The maximum absolute atomic E-state index is 5.25. The number of hydrazine groups is 1. The van der Waals surface area contributed by atoms with Gasteiger partial charge in [-0.1, -0.05) is 12.2 Å². The normalized spacial score (nSPS) is 18.4. The van der Waals surface area contributed by atoms with E-state index >= 15 is 0 Å². The molecule has 0 saturated carbocycles. The third-order valence-electron chi connectivity index (χ3n) is 1.58. The van der Waals surface area contributed by atoms with Crippen LogP contribution in [0.4, 0.5) is 0 Å². The molecule has 1 aliphatic rings. The SMILES string of the molecule is CC1=C(NN)CCC=C1. The van der Waals surface area contributed by atoms with Crippen LogP contribution in [-0.2, 0) is 0 Å². The summed E-state index contributed by atoms with van der Waals surface area (Å²) < 4.78 is 0. The first-order valence-electron chi connectivity index (χ1n) is 3.17. The highest BCUT2D eigenvalue weighted by Crippen LogP contribution is 2.14. The zero-order valence-corrected chi connectivity index (χ0v) is 5.65. The first kappa shape index (κ1) is 6.36. The van der Waals surface area contributed by atoms with Crippen LogP contribution < -0.4 is 11.3 Å². The summed E-state index contributed by atoms with van der Waals surface area (Å²) in [6.45, 7) is 2.06. The van der Waals surface area contributed by atoms with Gasteiger partial charge in [0.1, 0.15) is 0 Å². The summed E-state index contributed by atoms with van der Waals surface area (Å²) in [5.41, 5.74) is 5.10. The van der Waals surface area contributed by atoms with E-state index in [1.807, 2.05) is 0 Å². The Bertz CT molecular complexity index is 156. The Morgan fingerprint density at radius 3 is 2.89 bits per heavy atom. The highest BCUT2D eigenvalue weighted by molar-refractivity contribution is 5.25. The first-order valence-corrected chi connectivity index (χ1v) is 3.17. The molecule has 0 aliphatic heterocycles. The van der Waals surface area contributed by atoms with Gasteiger partial charge in [0.25, 0.3) is 0 Å². The van der Waals surface area contributed by atoms with Crippen molar-refractivity contribution in [3.05, 3.63) is 23.4 Å². The fourth-order valence-corrected chi connectivity index (χ4v) is 0.972. The average Bonchev–Trinajstić information content (AvgIpc) is 1.89. The Labute approximate surface area is 55.4 Å². The van der Waals surface area contributed by atoms with Crippen LogP contribution in [0.3, 0.4) is 0 Å². The Hall–Kier alpha value is -0.760. The van der Waals surface area contributed by atoms with Crippen molar-refractivity contribution in [1.82, 2.24) is 5.43 Å². The quantitative estimate of drug-likeness (QED) is 0.405. The van der Waals surface area contributed by atoms with Gasteiger partial charge in [0.05, 0.1) is 0 Å². The lowest BCUT2D eigenvalue weighted by Crippen LogP contribution is -2.22. The van der Waals surface area contributed by atoms with Gasteiger partial charge in [-0.15, -0.1) is 0 Å². The molecule has 1 rings (SSSR count). The highest BCUT2D eigenvalue weighted by Gasteiger charge is 2.00. The predicted molar refractivity (Wildman–Crippen MR) is 38.4 cm³/mol. The largest absolute Gasteiger partial charge is 0.328 e. The van der Waals surface area contributed by atoms with Gasteiger partial charge < -0.3 is 5.43 Å². The molecule has 3 N–H and O–H groups in total. The molecular formula is C7H12N2. The first-order chi connectivity index (χ1) is 4.34. The van der Waals surface area contributed by atoms with E-state index in [1.54, 1.807) is 0 Å². The van der Waals surface area contributed by atoms with Crippen LogP contribution in [0.1, 0.15) is 19.8 Å². The minimum Gasteiger partial charge on any atom is -0.328 e. The summed E-state index contributed by atoms with van der Waals surface area (Å²) in [5, 5.41) is 0. The smallest absolute Gasteiger partial charge is 0.0291 e. The molecule has 0 saturated heterocycles. The summed E-state index contributed by atoms with van der Waals surface area (Å²) in [4.78, 5) is 0. The highest BCUT2D eigenvalue weighted by atomic mass is 15.2. The molecule has 0 bridgehead atoms. The predicted octanol–water partition coefficient (Wildman–Crippen LogP) is 1.07. The third kappa shape index (κ3) is 1.33. The molecule has 2 nitrogen and oxygen atoms in total. The summed E-state index contributed by atoms with van der Waals surface area (Å²) in [5.74, 6) is 5.25. The van der Waals surface area contributed by atoms with Gasteiger partial charge in [0, 0.05) is 5.70 Å². The van der Waals surface area contributed by atoms with Crippen molar-refractivity contribution >= 4 is 0 Å². The third-order valence-corrected chi connectivity index (χ3v) is 1.58. The molecule has 0 amide bonds. The van der Waals surface area contributed by atoms with Crippen LogP contribution >= 0.6 is 0 Å². The Morgan fingerprint density at radius 1 is 1.67 bits per heavy atom. The topological polar surface area (TPSA) is 38.0 Å². The van der Waals surface area contributed by atoms with Crippen LogP contribution in [0.25, 0.3) is 0 Å². The molecule has 0 spiro atoms. The molecule has 9 heavy (non-hydrogen) atoms. The lowest BCUT2D eigenvalue weighted by atomic mass is 10.1. The number of allylic oxidation sites excluding steroid dienone is 4. The second kappa shape index (κ2) is 2.69. The van der Waals surface area contributed by atoms with Crippen molar-refractivity contribution in [2.45, 2.75) is 19.8 Å². The standard InChI is InChI=1S/C7H12N2/c1-6-4-2-3-5-7(6)9-8/h2,4,9H,3,5,8H2,1H3. The molecule has 0 heterocycles. The number of hydrogen-bond donors (Lipinski definition) is 2. The van der Waals surface area contributed by atoms with E-state index in [0.29, 0.717) is 0 Å². The van der Waals surface area contributed by atoms with E-state index < -0.39 is 0 Å². The van der Waals surface area contributed by atoms with E-state index in [2.05, 4.69) is 24.5 Å². The summed E-state index contributed by atoms with van der Waals surface area (Å²) in [6, 6.07) is 0. The van der Waals surface area contributed by atoms with Gasteiger partial charge in [0.2, 0.25) is 0 Å². The van der Waals surface area contributed by atoms with E-state index in [9.17, 15) is 0 Å². The van der Waals surface area contributed by atoms with Gasteiger partial charge in [-0.25, -0.2) is 0 Å². The molecule has 0 radical (unpaired) electrons. The molecular weight excluding hydrogens is 112 g/mol. The van der Waals surface area contributed by atoms with E-state index in [1.165, 1.54) is 5.57 Å². The van der Waals surface area contributed by atoms with E-state index in [0.717, 1.165) is 18.5 Å². The van der Waals surface area contributed by atoms with E-state index in [-0.39, 0.29) is 0 Å². The van der Waals surface area contributed by atoms with Gasteiger partial charge in [-0.05, 0) is 25.3 Å². The van der Waals surface area contributed by atoms with Crippen molar-refractivity contribution in [2.24, 2.45) is 5.84 Å². The maximum atomic E-state index is 5.25. The van der Waals surface area contributed by atoms with Crippen LogP contribution in [0.5, 0.6) is 0 Å². The zero-order chi connectivity index (χ0) is 6.69. The van der Waals surface area contributed by atoms with E-state index in [4.69, 9.17) is 5.84 Å². The van der Waals surface area contributed by atoms with Crippen LogP contribution in [-0.4, -0.2) is 0 Å². The molecule has 0 aromatic heterocycles. The summed E-state index contributed by atoms with van der Waals surface area (Å²) in [6.07, 6.45) is 6.42. The van der Waals surface area contributed by atoms with Crippen molar-refractivity contribution in [1.29, 1.82) is 0 Å². The van der Waals surface area contributed by atoms with Crippen molar-refractivity contribution in [3.8, 4) is 0 Å². The fraction of sp³-hybridized carbons (Fsp3) is 0.429. The van der Waals surface area contributed by atoms with Gasteiger partial charge in [0.15, 0.2) is 0 Å². The molecule has 0 atom stereocenters. The number of nitrogens with two attached hydrogens (primary N) is 1. The molecule has 0 unspecified atom stereocenters. The van der Waals surface area contributed by atoms with Crippen molar-refractivity contribution < 1.29 is 0 Å². The molecule has 50 valence electrons.